The van der Waals surface area contributed by atoms with Crippen molar-refractivity contribution in [2.45, 2.75) is 13.8 Å². The normalized spacial score (nSPS) is 3.75. The van der Waals surface area contributed by atoms with Crippen LogP contribution in [0.25, 0.3) is 0 Å². The molecule has 0 heterocycles. The average Bonchev–Trinajstić information content (AvgIpc) is 1.78. The van der Waals surface area contributed by atoms with Gasteiger partial charge in [0.2, 0.25) is 0 Å². The molecular weight excluding hydrogens is 198 g/mol. The zero-order valence-corrected chi connectivity index (χ0v) is 7.33. The van der Waals surface area contributed by atoms with Crippen molar-refractivity contribution >= 4 is 23.7 Å². The van der Waals surface area contributed by atoms with Gasteiger partial charge in [0.25, 0.3) is 0 Å². The van der Waals surface area contributed by atoms with Gasteiger partial charge in [0.05, 0.1) is 23.7 Å². The van der Waals surface area contributed by atoms with Crippen molar-refractivity contribution in [3.63, 3.8) is 0 Å². The summed E-state index contributed by atoms with van der Waals surface area (Å²) in [6.45, 7) is 10.0. The Kier molecular flexibility index (Phi) is 272. The summed E-state index contributed by atoms with van der Waals surface area (Å²) in [6.07, 6.45) is 0. The van der Waals surface area contributed by atoms with Crippen molar-refractivity contribution in [3.8, 4) is 0 Å². The molecule has 57 valence electrons. The number of hydrogen-bond donors (Lipinski definition) is 0. The minimum absolute atomic E-state index is 0. The summed E-state index contributed by atoms with van der Waals surface area (Å²) in [5.41, 5.74) is 0. The molecule has 4 heteroatoms. The fraction of sp³-hybridized carbons (Fsp3) is 0.500. The molecule has 0 aromatic rings. The van der Waals surface area contributed by atoms with Crippen LogP contribution in [-0.4, -0.2) is 0 Å². The van der Waals surface area contributed by atoms with E-state index in [1.165, 1.54) is 0 Å². The first-order valence-electron chi connectivity index (χ1n) is 1.72. The largest absolute Gasteiger partial charge is 2.00 e. The van der Waals surface area contributed by atoms with Crippen molar-refractivity contribution in [2.24, 2.45) is 0 Å². The maximum atomic E-state index is 4.26. The first kappa shape index (κ1) is 23.0. The molecule has 0 unspecified atom stereocenters. The molecule has 0 aromatic carbocycles. The van der Waals surface area contributed by atoms with Crippen LogP contribution in [0.2, 0.25) is 0 Å². The Morgan fingerprint density at radius 1 is 1.00 bits per heavy atom. The monoisotopic (exact) mass is 207 g/mol. The quantitative estimate of drug-likeness (QED) is 0.439. The molecule has 0 aliphatic carbocycles. The third kappa shape index (κ3) is 231. The summed E-state index contributed by atoms with van der Waals surface area (Å²) in [6, 6.07) is 0. The van der Waals surface area contributed by atoms with E-state index < -0.39 is 0 Å². The average molecular weight is 209 g/mol. The van der Waals surface area contributed by atoms with E-state index >= 15 is 0 Å². The summed E-state index contributed by atoms with van der Waals surface area (Å²) < 4.78 is 3.19. The summed E-state index contributed by atoms with van der Waals surface area (Å²) in [5, 5.41) is 0. The Morgan fingerprint density at radius 2 is 1.00 bits per heavy atom. The fourth-order valence-electron chi connectivity index (χ4n) is 0. The summed E-state index contributed by atoms with van der Waals surface area (Å²) in [5.74, 6) is 0. The fourth-order valence-corrected chi connectivity index (χ4v) is 0. The maximum absolute atomic E-state index is 4.26. The van der Waals surface area contributed by atoms with E-state index in [0.29, 0.717) is 0 Å². The Morgan fingerprint density at radius 3 is 1.00 bits per heavy atom. The maximum Gasteiger partial charge on any atom is 2.00 e. The van der Waals surface area contributed by atoms with Gasteiger partial charge in [-0.25, -0.2) is 0 Å². The molecule has 1 radical (unpaired) electrons. The molecule has 1 nitrogen and oxygen atoms in total. The van der Waals surface area contributed by atoms with Crippen LogP contribution >= 0.6 is 23.7 Å². The molecule has 0 atom stereocenters. The van der Waals surface area contributed by atoms with Crippen LogP contribution in [0.15, 0.2) is 0 Å². The van der Waals surface area contributed by atoms with Gasteiger partial charge in [0.15, 0.2) is 0 Å². The van der Waals surface area contributed by atoms with Gasteiger partial charge in [-0.1, -0.05) is 0 Å². The molecule has 0 N–H and O–H groups in total. The molecular formula is C4H10Cl2CuO. The van der Waals surface area contributed by atoms with Gasteiger partial charge in [-0.3, -0.25) is 0 Å². The Bertz CT molecular complexity index is 14.0. The van der Waals surface area contributed by atoms with E-state index in [2.05, 4.69) is 41.4 Å². The smallest absolute Gasteiger partial charge is 0.346 e. The molecule has 0 spiro atoms. The summed E-state index contributed by atoms with van der Waals surface area (Å²) >= 11 is 8.53. The predicted octanol–water partition coefficient (Wildman–Crippen LogP) is 2.99. The van der Waals surface area contributed by atoms with Gasteiger partial charge in [-0.2, -0.15) is 17.7 Å². The minimum Gasteiger partial charge on any atom is -0.346 e. The van der Waals surface area contributed by atoms with Crippen molar-refractivity contribution in [2.75, 3.05) is 0 Å². The van der Waals surface area contributed by atoms with Crippen LogP contribution in [0.4, 0.5) is 0 Å². The summed E-state index contributed by atoms with van der Waals surface area (Å²) in [4.78, 5) is 0. The van der Waals surface area contributed by atoms with Gasteiger partial charge in [-0.15, -0.1) is 0 Å². The molecule has 8 heavy (non-hydrogen) atoms. The van der Waals surface area contributed by atoms with Gasteiger partial charge in [0.1, 0.15) is 0 Å². The molecule has 0 aliphatic rings. The standard InChI is InChI=1S/2C2H5.Cl2O.Cu/c2*1-2;1-3-2;/h2*1H2,2H3;;/q2*-1;;+2. The first-order valence-corrected chi connectivity index (χ1v) is 2.34. The second-order valence-corrected chi connectivity index (χ2v) is 0.525. The SMILES string of the molecule is ClOCl.[CH2-]C.[CH2-]C.[Cu+2]. The van der Waals surface area contributed by atoms with Crippen LogP contribution in [-0.2, 0) is 20.9 Å². The number of rotatable bonds is 0. The van der Waals surface area contributed by atoms with E-state index in [1.54, 1.807) is 13.8 Å². The third-order valence-electron chi connectivity index (χ3n) is 0. The Labute approximate surface area is 72.5 Å². The van der Waals surface area contributed by atoms with E-state index in [-0.39, 0.29) is 17.1 Å². The topological polar surface area (TPSA) is 9.23 Å². The van der Waals surface area contributed by atoms with E-state index in [4.69, 9.17) is 0 Å². The molecule has 0 aliphatic heterocycles. The predicted molar refractivity (Wildman–Crippen MR) is 34.9 cm³/mol. The number of halogens is 2. The van der Waals surface area contributed by atoms with Crippen molar-refractivity contribution in [1.29, 1.82) is 0 Å². The Balaban J connectivity index is -0.0000000147. The molecule has 0 rings (SSSR count). The zero-order valence-electron chi connectivity index (χ0n) is 4.88. The third-order valence-corrected chi connectivity index (χ3v) is 0. The van der Waals surface area contributed by atoms with E-state index in [0.717, 1.165) is 0 Å². The molecule has 0 saturated heterocycles. The van der Waals surface area contributed by atoms with Crippen molar-refractivity contribution in [3.05, 3.63) is 13.8 Å². The molecule has 0 amide bonds. The van der Waals surface area contributed by atoms with Gasteiger partial charge in [0, 0.05) is 0 Å². The van der Waals surface area contributed by atoms with Gasteiger partial charge in [-0.05, 0) is 0 Å². The van der Waals surface area contributed by atoms with Crippen LogP contribution in [0.3, 0.4) is 0 Å². The van der Waals surface area contributed by atoms with Crippen molar-refractivity contribution in [1.82, 2.24) is 0 Å². The van der Waals surface area contributed by atoms with E-state index in [1.807, 2.05) is 0 Å². The molecule has 0 saturated carbocycles. The van der Waals surface area contributed by atoms with Crippen LogP contribution < -0.4 is 0 Å². The van der Waals surface area contributed by atoms with Gasteiger partial charge < -0.3 is 13.8 Å². The zero-order chi connectivity index (χ0) is 6.71. The second kappa shape index (κ2) is 94.7. The molecule has 0 bridgehead atoms. The van der Waals surface area contributed by atoms with Crippen molar-refractivity contribution < 1.29 is 20.9 Å². The Hall–Kier alpha value is 1.06. The van der Waals surface area contributed by atoms with Crippen LogP contribution in [0.5, 0.6) is 0 Å². The first-order chi connectivity index (χ1) is 3.41. The van der Waals surface area contributed by atoms with Crippen LogP contribution in [0, 0.1) is 13.8 Å². The minimum atomic E-state index is 0. The van der Waals surface area contributed by atoms with E-state index in [9.17, 15) is 0 Å². The van der Waals surface area contributed by atoms with Crippen LogP contribution in [0.1, 0.15) is 13.8 Å². The number of hydrogen-bond acceptors (Lipinski definition) is 1. The summed E-state index contributed by atoms with van der Waals surface area (Å²) in [7, 11) is 0. The molecule has 0 aromatic heterocycles. The van der Waals surface area contributed by atoms with Gasteiger partial charge >= 0.3 is 17.1 Å². The molecule has 0 fully saturated rings. The second-order valence-electron chi connectivity index (χ2n) is 0.0583.